The lowest BCUT2D eigenvalue weighted by molar-refractivity contribution is 0.137. The molecule has 0 N–H and O–H groups in total. The lowest BCUT2D eigenvalue weighted by atomic mass is 9.97. The standard InChI is InChI=1S/C28H22Cl2N4O2/c1-28(2)14-19-4-3-5-20(25(19)36-28)16-33-27(35)34-26(32-33)24(18-8-12-22(30)13-9-18)23(15-31-34)17-6-10-21(29)11-7-17/h3-13,15H,14,16H2,1-2H3. The molecule has 8 heteroatoms. The van der Waals surface area contributed by atoms with Gasteiger partial charge in [0.1, 0.15) is 11.4 Å². The van der Waals surface area contributed by atoms with Crippen LogP contribution in [0.2, 0.25) is 10.0 Å². The van der Waals surface area contributed by atoms with E-state index in [1.165, 1.54) is 9.20 Å². The molecule has 3 aromatic carbocycles. The summed E-state index contributed by atoms with van der Waals surface area (Å²) in [5.74, 6) is 0.833. The number of halogens is 2. The highest BCUT2D eigenvalue weighted by Crippen LogP contribution is 2.38. The second-order valence-corrected chi connectivity index (χ2v) is 10.4. The van der Waals surface area contributed by atoms with Crippen molar-refractivity contribution in [3.8, 4) is 28.0 Å². The quantitative estimate of drug-likeness (QED) is 0.281. The topological polar surface area (TPSA) is 61.4 Å². The Hall–Kier alpha value is -3.61. The van der Waals surface area contributed by atoms with Crippen molar-refractivity contribution in [3.63, 3.8) is 0 Å². The van der Waals surface area contributed by atoms with Crippen LogP contribution in [-0.4, -0.2) is 25.0 Å². The molecule has 0 fully saturated rings. The van der Waals surface area contributed by atoms with E-state index in [2.05, 4.69) is 25.0 Å². The first-order chi connectivity index (χ1) is 17.3. The van der Waals surface area contributed by atoms with Gasteiger partial charge in [-0.2, -0.15) is 9.61 Å². The third-order valence-electron chi connectivity index (χ3n) is 6.39. The normalized spacial score (nSPS) is 14.1. The molecule has 3 heterocycles. The second-order valence-electron chi connectivity index (χ2n) is 9.57. The highest BCUT2D eigenvalue weighted by Gasteiger charge is 2.32. The first kappa shape index (κ1) is 22.8. The van der Waals surface area contributed by atoms with Gasteiger partial charge in [0.15, 0.2) is 5.65 Å². The van der Waals surface area contributed by atoms with Crippen molar-refractivity contribution in [3.05, 3.63) is 105 Å². The SMILES string of the molecule is CC1(C)Cc2cccc(Cn3nc4c(-c5ccc(Cl)cc5)c(-c5ccc(Cl)cc5)cnn4c3=O)c2O1. The van der Waals surface area contributed by atoms with Crippen LogP contribution in [0, 0.1) is 0 Å². The summed E-state index contributed by atoms with van der Waals surface area (Å²) in [7, 11) is 0. The van der Waals surface area contributed by atoms with Crippen molar-refractivity contribution >= 4 is 28.8 Å². The molecule has 0 saturated heterocycles. The van der Waals surface area contributed by atoms with Gasteiger partial charge in [0, 0.05) is 33.2 Å². The zero-order valence-corrected chi connectivity index (χ0v) is 21.2. The zero-order valence-electron chi connectivity index (χ0n) is 19.7. The van der Waals surface area contributed by atoms with Gasteiger partial charge in [-0.3, -0.25) is 0 Å². The largest absolute Gasteiger partial charge is 0.487 e. The van der Waals surface area contributed by atoms with Crippen LogP contribution < -0.4 is 10.4 Å². The van der Waals surface area contributed by atoms with Crippen molar-refractivity contribution in [2.75, 3.05) is 0 Å². The first-order valence-corrected chi connectivity index (χ1v) is 12.4. The minimum absolute atomic E-state index is 0.276. The molecule has 1 aliphatic heterocycles. The summed E-state index contributed by atoms with van der Waals surface area (Å²) in [6.45, 7) is 4.40. The number of nitrogens with zero attached hydrogens (tertiary/aromatic N) is 4. The highest BCUT2D eigenvalue weighted by atomic mass is 35.5. The Morgan fingerprint density at radius 1 is 0.944 bits per heavy atom. The number of para-hydroxylation sites is 1. The number of benzene rings is 3. The van der Waals surface area contributed by atoms with Crippen molar-refractivity contribution < 1.29 is 4.74 Å². The Balaban J connectivity index is 1.53. The summed E-state index contributed by atoms with van der Waals surface area (Å²) in [5, 5.41) is 10.5. The minimum atomic E-state index is -0.322. The maximum atomic E-state index is 13.4. The molecule has 0 aliphatic carbocycles. The molecule has 6 nitrogen and oxygen atoms in total. The molecule has 0 unspecified atom stereocenters. The molecule has 0 spiro atoms. The van der Waals surface area contributed by atoms with E-state index in [0.717, 1.165) is 45.6 Å². The molecular formula is C28H22Cl2N4O2. The molecule has 2 aromatic heterocycles. The van der Waals surface area contributed by atoms with E-state index in [9.17, 15) is 4.79 Å². The lowest BCUT2D eigenvalue weighted by Crippen LogP contribution is -2.25. The second kappa shape index (κ2) is 8.50. The Bertz CT molecular complexity index is 1670. The lowest BCUT2D eigenvalue weighted by Gasteiger charge is -2.18. The van der Waals surface area contributed by atoms with Gasteiger partial charge in [-0.05, 0) is 54.8 Å². The predicted molar refractivity (Wildman–Crippen MR) is 142 cm³/mol. The van der Waals surface area contributed by atoms with Crippen LogP contribution in [-0.2, 0) is 13.0 Å². The van der Waals surface area contributed by atoms with E-state index in [-0.39, 0.29) is 17.8 Å². The molecule has 5 aromatic rings. The summed E-state index contributed by atoms with van der Waals surface area (Å²) in [6.07, 6.45) is 2.52. The van der Waals surface area contributed by atoms with Gasteiger partial charge in [-0.25, -0.2) is 9.48 Å². The summed E-state index contributed by atoms with van der Waals surface area (Å²) in [4.78, 5) is 13.4. The van der Waals surface area contributed by atoms with Crippen LogP contribution in [0.1, 0.15) is 25.0 Å². The predicted octanol–water partition coefficient (Wildman–Crippen LogP) is 6.29. The molecule has 0 bridgehead atoms. The van der Waals surface area contributed by atoms with Gasteiger partial charge in [-0.15, -0.1) is 5.10 Å². The van der Waals surface area contributed by atoms with Crippen LogP contribution in [0.5, 0.6) is 5.75 Å². The first-order valence-electron chi connectivity index (χ1n) is 11.6. The average molecular weight is 517 g/mol. The number of rotatable bonds is 4. The monoisotopic (exact) mass is 516 g/mol. The summed E-state index contributed by atoms with van der Waals surface area (Å²) in [6, 6.07) is 21.0. The van der Waals surface area contributed by atoms with Gasteiger partial charge >= 0.3 is 5.69 Å². The van der Waals surface area contributed by atoms with Crippen LogP contribution >= 0.6 is 23.2 Å². The maximum absolute atomic E-state index is 13.4. The van der Waals surface area contributed by atoms with Crippen LogP contribution in [0.4, 0.5) is 0 Å². The van der Waals surface area contributed by atoms with Crippen molar-refractivity contribution in [1.29, 1.82) is 0 Å². The fourth-order valence-electron chi connectivity index (χ4n) is 4.78. The smallest absolute Gasteiger partial charge is 0.367 e. The van der Waals surface area contributed by atoms with Gasteiger partial charge in [-0.1, -0.05) is 65.7 Å². The zero-order chi connectivity index (χ0) is 25.0. The summed E-state index contributed by atoms with van der Waals surface area (Å²) < 4.78 is 9.00. The van der Waals surface area contributed by atoms with Crippen molar-refractivity contribution in [1.82, 2.24) is 19.4 Å². The number of hydrogen-bond acceptors (Lipinski definition) is 4. The van der Waals surface area contributed by atoms with Gasteiger partial charge in [0.25, 0.3) is 0 Å². The third-order valence-corrected chi connectivity index (χ3v) is 6.90. The highest BCUT2D eigenvalue weighted by molar-refractivity contribution is 6.31. The molecule has 0 atom stereocenters. The molecular weight excluding hydrogens is 495 g/mol. The van der Waals surface area contributed by atoms with Crippen LogP contribution in [0.15, 0.2) is 77.7 Å². The molecule has 0 radical (unpaired) electrons. The van der Waals surface area contributed by atoms with Gasteiger partial charge in [0.2, 0.25) is 0 Å². The molecule has 180 valence electrons. The van der Waals surface area contributed by atoms with E-state index >= 15 is 0 Å². The van der Waals surface area contributed by atoms with Crippen molar-refractivity contribution in [2.45, 2.75) is 32.4 Å². The van der Waals surface area contributed by atoms with Crippen LogP contribution in [0.25, 0.3) is 27.9 Å². The van der Waals surface area contributed by atoms with E-state index in [4.69, 9.17) is 33.0 Å². The maximum Gasteiger partial charge on any atom is 0.367 e. The van der Waals surface area contributed by atoms with E-state index < -0.39 is 0 Å². The molecule has 1 aliphatic rings. The average Bonchev–Trinajstić information content (AvgIpc) is 3.35. The third kappa shape index (κ3) is 3.96. The summed E-state index contributed by atoms with van der Waals surface area (Å²) in [5.41, 5.74) is 5.33. The van der Waals surface area contributed by atoms with E-state index in [1.807, 2.05) is 60.7 Å². The molecule has 0 amide bonds. The fraction of sp³-hybridized carbons (Fsp3) is 0.179. The van der Waals surface area contributed by atoms with E-state index in [0.29, 0.717) is 15.7 Å². The van der Waals surface area contributed by atoms with Crippen LogP contribution in [0.3, 0.4) is 0 Å². The van der Waals surface area contributed by atoms with E-state index in [1.54, 1.807) is 6.20 Å². The van der Waals surface area contributed by atoms with Gasteiger partial charge in [0.05, 0.1) is 12.7 Å². The molecule has 0 saturated carbocycles. The Morgan fingerprint density at radius 3 is 2.31 bits per heavy atom. The Morgan fingerprint density at radius 2 is 1.61 bits per heavy atom. The number of ether oxygens (including phenoxy) is 1. The fourth-order valence-corrected chi connectivity index (χ4v) is 5.03. The molecule has 36 heavy (non-hydrogen) atoms. The molecule has 6 rings (SSSR count). The van der Waals surface area contributed by atoms with Crippen molar-refractivity contribution in [2.24, 2.45) is 0 Å². The Kier molecular flexibility index (Phi) is 5.39. The Labute approximate surface area is 217 Å². The number of hydrogen-bond donors (Lipinski definition) is 0. The summed E-state index contributed by atoms with van der Waals surface area (Å²) >= 11 is 12.3. The minimum Gasteiger partial charge on any atom is -0.487 e. The van der Waals surface area contributed by atoms with Gasteiger partial charge < -0.3 is 4.74 Å². The number of fused-ring (bicyclic) bond motifs is 2. The number of aromatic nitrogens is 4.